The summed E-state index contributed by atoms with van der Waals surface area (Å²) in [7, 11) is 0. The maximum atomic E-state index is 5.48. The van der Waals surface area contributed by atoms with E-state index in [2.05, 4.69) is 23.8 Å². The predicted octanol–water partition coefficient (Wildman–Crippen LogP) is 2.02. The van der Waals surface area contributed by atoms with E-state index in [1.54, 1.807) is 4.88 Å². The molecule has 0 bridgehead atoms. The zero-order chi connectivity index (χ0) is 9.26. The van der Waals surface area contributed by atoms with Gasteiger partial charge in [0.2, 0.25) is 0 Å². The predicted molar refractivity (Wildman–Crippen MR) is 56.8 cm³/mol. The Kier molecular flexibility index (Phi) is 2.67. The Hall–Kier alpha value is -0.380. The summed E-state index contributed by atoms with van der Waals surface area (Å²) in [6, 6.07) is 2.66. The van der Waals surface area contributed by atoms with Crippen LogP contribution in [0.4, 0.5) is 0 Å². The molecule has 72 valence electrons. The quantitative estimate of drug-likeness (QED) is 0.561. The maximum absolute atomic E-state index is 5.48. The Morgan fingerprint density at radius 3 is 3.31 bits per heavy atom. The SMILES string of the molecule is CC(NN)C1CCCc2sccc21. The zero-order valence-corrected chi connectivity index (χ0v) is 8.73. The van der Waals surface area contributed by atoms with Gasteiger partial charge in [-0.1, -0.05) is 0 Å². The molecule has 0 aliphatic heterocycles. The van der Waals surface area contributed by atoms with Crippen molar-refractivity contribution < 1.29 is 0 Å². The normalized spacial score (nSPS) is 24.0. The van der Waals surface area contributed by atoms with E-state index in [4.69, 9.17) is 5.84 Å². The molecule has 3 heteroatoms. The van der Waals surface area contributed by atoms with Gasteiger partial charge < -0.3 is 0 Å². The molecule has 0 saturated carbocycles. The van der Waals surface area contributed by atoms with Crippen LogP contribution < -0.4 is 11.3 Å². The highest BCUT2D eigenvalue weighted by atomic mass is 32.1. The van der Waals surface area contributed by atoms with Gasteiger partial charge in [-0.2, -0.15) is 0 Å². The van der Waals surface area contributed by atoms with Crippen molar-refractivity contribution in [1.82, 2.24) is 5.43 Å². The van der Waals surface area contributed by atoms with Crippen molar-refractivity contribution in [2.24, 2.45) is 5.84 Å². The number of hydrogen-bond donors (Lipinski definition) is 2. The van der Waals surface area contributed by atoms with Crippen LogP contribution in [0.1, 0.15) is 36.1 Å². The summed E-state index contributed by atoms with van der Waals surface area (Å²) < 4.78 is 0. The first-order valence-electron chi connectivity index (χ1n) is 4.85. The van der Waals surface area contributed by atoms with Crippen molar-refractivity contribution in [2.75, 3.05) is 0 Å². The van der Waals surface area contributed by atoms with Gasteiger partial charge in [-0.15, -0.1) is 11.3 Å². The van der Waals surface area contributed by atoms with Crippen LogP contribution >= 0.6 is 11.3 Å². The van der Waals surface area contributed by atoms with Gasteiger partial charge in [-0.05, 0) is 43.2 Å². The smallest absolute Gasteiger partial charge is 0.0251 e. The Morgan fingerprint density at radius 1 is 1.69 bits per heavy atom. The molecule has 1 aromatic heterocycles. The summed E-state index contributed by atoms with van der Waals surface area (Å²) in [6.45, 7) is 2.16. The van der Waals surface area contributed by atoms with Crippen molar-refractivity contribution in [3.63, 3.8) is 0 Å². The van der Waals surface area contributed by atoms with Crippen LogP contribution in [-0.2, 0) is 6.42 Å². The number of nitrogens with one attached hydrogen (secondary N) is 1. The van der Waals surface area contributed by atoms with Gasteiger partial charge >= 0.3 is 0 Å². The van der Waals surface area contributed by atoms with E-state index in [-0.39, 0.29) is 0 Å². The molecule has 0 amide bonds. The van der Waals surface area contributed by atoms with Gasteiger partial charge in [0.25, 0.3) is 0 Å². The van der Waals surface area contributed by atoms with Gasteiger partial charge in [0.05, 0.1) is 0 Å². The zero-order valence-electron chi connectivity index (χ0n) is 7.92. The largest absolute Gasteiger partial charge is 0.271 e. The van der Waals surface area contributed by atoms with E-state index < -0.39 is 0 Å². The molecule has 3 N–H and O–H groups in total. The van der Waals surface area contributed by atoms with Crippen LogP contribution in [0.3, 0.4) is 0 Å². The number of aryl methyl sites for hydroxylation is 1. The molecule has 2 rings (SSSR count). The number of fused-ring (bicyclic) bond motifs is 1. The lowest BCUT2D eigenvalue weighted by Gasteiger charge is -2.27. The maximum Gasteiger partial charge on any atom is 0.0251 e. The average Bonchev–Trinajstić information content (AvgIpc) is 2.63. The Balaban J connectivity index is 2.24. The molecule has 0 spiro atoms. The number of nitrogens with two attached hydrogens (primary N) is 1. The molecule has 1 heterocycles. The highest BCUT2D eigenvalue weighted by Crippen LogP contribution is 2.36. The number of hydrogen-bond acceptors (Lipinski definition) is 3. The summed E-state index contributed by atoms with van der Waals surface area (Å²) in [4.78, 5) is 1.57. The second kappa shape index (κ2) is 3.78. The van der Waals surface area contributed by atoms with Crippen molar-refractivity contribution in [3.05, 3.63) is 21.9 Å². The Bertz CT molecular complexity index is 282. The second-order valence-corrected chi connectivity index (χ2v) is 4.75. The molecule has 2 nitrogen and oxygen atoms in total. The van der Waals surface area contributed by atoms with Crippen LogP contribution in [0.5, 0.6) is 0 Å². The molecule has 0 saturated heterocycles. The van der Waals surface area contributed by atoms with Crippen molar-refractivity contribution in [1.29, 1.82) is 0 Å². The number of rotatable bonds is 2. The highest BCUT2D eigenvalue weighted by molar-refractivity contribution is 7.10. The van der Waals surface area contributed by atoms with E-state index in [1.165, 1.54) is 24.8 Å². The first-order chi connectivity index (χ1) is 6.33. The molecule has 0 fully saturated rings. The van der Waals surface area contributed by atoms with E-state index in [0.717, 1.165) is 0 Å². The molecule has 1 aliphatic rings. The van der Waals surface area contributed by atoms with Crippen LogP contribution in [-0.4, -0.2) is 6.04 Å². The van der Waals surface area contributed by atoms with Crippen LogP contribution in [0, 0.1) is 0 Å². The summed E-state index contributed by atoms with van der Waals surface area (Å²) in [5, 5.41) is 2.20. The summed E-state index contributed by atoms with van der Waals surface area (Å²) in [5.41, 5.74) is 4.40. The van der Waals surface area contributed by atoms with Crippen LogP contribution in [0.25, 0.3) is 0 Å². The lowest BCUT2D eigenvalue weighted by atomic mass is 9.83. The van der Waals surface area contributed by atoms with Gasteiger partial charge in [0.15, 0.2) is 0 Å². The molecule has 2 unspecified atom stereocenters. The van der Waals surface area contributed by atoms with Crippen LogP contribution in [0.15, 0.2) is 11.4 Å². The Morgan fingerprint density at radius 2 is 2.54 bits per heavy atom. The molecule has 1 aliphatic carbocycles. The molecular formula is C10H16N2S. The van der Waals surface area contributed by atoms with E-state index in [9.17, 15) is 0 Å². The van der Waals surface area contributed by atoms with Gasteiger partial charge in [-0.25, -0.2) is 0 Å². The van der Waals surface area contributed by atoms with E-state index in [0.29, 0.717) is 12.0 Å². The minimum absolute atomic E-state index is 0.397. The van der Waals surface area contributed by atoms with E-state index >= 15 is 0 Å². The second-order valence-electron chi connectivity index (χ2n) is 3.75. The molecule has 0 aromatic carbocycles. The van der Waals surface area contributed by atoms with E-state index in [1.807, 2.05) is 11.3 Å². The fourth-order valence-electron chi connectivity index (χ4n) is 2.16. The molecule has 13 heavy (non-hydrogen) atoms. The minimum Gasteiger partial charge on any atom is -0.271 e. The van der Waals surface area contributed by atoms with Crippen molar-refractivity contribution in [3.8, 4) is 0 Å². The summed E-state index contributed by atoms with van der Waals surface area (Å²) in [6.07, 6.45) is 3.85. The fraction of sp³-hybridized carbons (Fsp3) is 0.600. The molecule has 1 aromatic rings. The lowest BCUT2D eigenvalue weighted by molar-refractivity contribution is 0.424. The summed E-state index contributed by atoms with van der Waals surface area (Å²) in [5.74, 6) is 6.11. The lowest BCUT2D eigenvalue weighted by Crippen LogP contribution is -2.38. The Labute approximate surface area is 83.1 Å². The third kappa shape index (κ3) is 1.64. The summed E-state index contributed by atoms with van der Waals surface area (Å²) >= 11 is 1.89. The third-order valence-electron chi connectivity index (χ3n) is 2.96. The highest BCUT2D eigenvalue weighted by Gasteiger charge is 2.24. The molecular weight excluding hydrogens is 180 g/mol. The molecule has 0 radical (unpaired) electrons. The number of hydrazine groups is 1. The third-order valence-corrected chi connectivity index (χ3v) is 3.96. The van der Waals surface area contributed by atoms with Crippen LogP contribution in [0.2, 0.25) is 0 Å². The topological polar surface area (TPSA) is 38.0 Å². The van der Waals surface area contributed by atoms with Gasteiger partial charge in [-0.3, -0.25) is 11.3 Å². The van der Waals surface area contributed by atoms with Gasteiger partial charge in [0.1, 0.15) is 0 Å². The number of thiophene rings is 1. The fourth-order valence-corrected chi connectivity index (χ4v) is 3.15. The minimum atomic E-state index is 0.397. The van der Waals surface area contributed by atoms with Gasteiger partial charge in [0, 0.05) is 16.8 Å². The van der Waals surface area contributed by atoms with Crippen molar-refractivity contribution in [2.45, 2.75) is 38.1 Å². The standard InChI is InChI=1S/C10H16N2S/c1-7(12-11)8-3-2-4-10-9(8)5-6-13-10/h5-8,12H,2-4,11H2,1H3. The average molecular weight is 196 g/mol. The van der Waals surface area contributed by atoms with Crippen molar-refractivity contribution >= 4 is 11.3 Å². The first kappa shape index (κ1) is 9.19. The molecule has 2 atom stereocenters. The first-order valence-corrected chi connectivity index (χ1v) is 5.73. The monoisotopic (exact) mass is 196 g/mol.